The van der Waals surface area contributed by atoms with Crippen LogP contribution in [0.25, 0.3) is 22.1 Å². The van der Waals surface area contributed by atoms with Crippen molar-refractivity contribution in [2.75, 3.05) is 9.80 Å². The SMILES string of the molecule is c1ccc(N(c2ccccc2)c2ccc(N(c3ccccc3)c3ccccc3)c3nc4ccccc4nc23)cc1. The summed E-state index contributed by atoms with van der Waals surface area (Å²) in [6.45, 7) is 0. The van der Waals surface area contributed by atoms with E-state index in [9.17, 15) is 0 Å². The fourth-order valence-electron chi connectivity index (χ4n) is 5.20. The van der Waals surface area contributed by atoms with E-state index in [1.807, 2.05) is 48.5 Å². The lowest BCUT2D eigenvalue weighted by molar-refractivity contribution is 1.25. The maximum atomic E-state index is 5.25. The molecule has 40 heavy (non-hydrogen) atoms. The van der Waals surface area contributed by atoms with Crippen LogP contribution in [0.1, 0.15) is 0 Å². The van der Waals surface area contributed by atoms with Crippen molar-refractivity contribution in [3.05, 3.63) is 158 Å². The maximum absolute atomic E-state index is 5.25. The highest BCUT2D eigenvalue weighted by molar-refractivity contribution is 6.05. The number of benzene rings is 6. The van der Waals surface area contributed by atoms with Gasteiger partial charge in [-0.1, -0.05) is 84.9 Å². The van der Waals surface area contributed by atoms with Crippen molar-refractivity contribution in [3.63, 3.8) is 0 Å². The molecule has 1 aromatic heterocycles. The van der Waals surface area contributed by atoms with Crippen LogP contribution in [0.3, 0.4) is 0 Å². The second-order valence-corrected chi connectivity index (χ2v) is 9.53. The molecular formula is C36H26N4. The molecule has 0 saturated carbocycles. The number of nitrogens with zero attached hydrogens (tertiary/aromatic N) is 4. The highest BCUT2D eigenvalue weighted by Crippen LogP contribution is 2.44. The third-order valence-electron chi connectivity index (χ3n) is 6.99. The summed E-state index contributed by atoms with van der Waals surface area (Å²) in [5, 5.41) is 0. The topological polar surface area (TPSA) is 32.3 Å². The summed E-state index contributed by atoms with van der Waals surface area (Å²) in [7, 11) is 0. The van der Waals surface area contributed by atoms with Crippen LogP contribution in [0.5, 0.6) is 0 Å². The second-order valence-electron chi connectivity index (χ2n) is 9.53. The zero-order valence-corrected chi connectivity index (χ0v) is 21.8. The fraction of sp³-hybridized carbons (Fsp3) is 0. The van der Waals surface area contributed by atoms with E-state index in [0.717, 1.165) is 56.2 Å². The van der Waals surface area contributed by atoms with Crippen molar-refractivity contribution in [1.82, 2.24) is 9.97 Å². The molecule has 0 spiro atoms. The van der Waals surface area contributed by atoms with Crippen molar-refractivity contribution >= 4 is 56.2 Å². The Bertz CT molecular complexity index is 1670. The number of anilines is 6. The van der Waals surface area contributed by atoms with Crippen LogP contribution in [0, 0.1) is 0 Å². The lowest BCUT2D eigenvalue weighted by Gasteiger charge is -2.29. The van der Waals surface area contributed by atoms with Gasteiger partial charge in [-0.15, -0.1) is 0 Å². The maximum Gasteiger partial charge on any atom is 0.116 e. The van der Waals surface area contributed by atoms with Gasteiger partial charge in [0.25, 0.3) is 0 Å². The Balaban J connectivity index is 1.55. The van der Waals surface area contributed by atoms with Crippen molar-refractivity contribution in [2.45, 2.75) is 0 Å². The second kappa shape index (κ2) is 10.4. The Morgan fingerprint density at radius 3 is 0.875 bits per heavy atom. The average Bonchev–Trinajstić information content (AvgIpc) is 3.03. The number of rotatable bonds is 6. The van der Waals surface area contributed by atoms with Gasteiger partial charge in [-0.25, -0.2) is 9.97 Å². The predicted octanol–water partition coefficient (Wildman–Crippen LogP) is 9.72. The molecule has 1 heterocycles. The van der Waals surface area contributed by atoms with Gasteiger partial charge in [-0.2, -0.15) is 0 Å². The molecule has 0 amide bonds. The molecule has 0 bridgehead atoms. The number of para-hydroxylation sites is 6. The van der Waals surface area contributed by atoms with Crippen LogP contribution in [-0.2, 0) is 0 Å². The summed E-state index contributed by atoms with van der Waals surface area (Å²) < 4.78 is 0. The van der Waals surface area contributed by atoms with E-state index in [1.165, 1.54) is 0 Å². The third-order valence-corrected chi connectivity index (χ3v) is 6.99. The van der Waals surface area contributed by atoms with Crippen molar-refractivity contribution in [2.24, 2.45) is 0 Å². The quantitative estimate of drug-likeness (QED) is 0.207. The summed E-state index contributed by atoms with van der Waals surface area (Å²) in [6, 6.07) is 54.1. The van der Waals surface area contributed by atoms with E-state index in [-0.39, 0.29) is 0 Å². The Morgan fingerprint density at radius 1 is 0.300 bits per heavy atom. The largest absolute Gasteiger partial charge is 0.308 e. The molecule has 0 aliphatic heterocycles. The van der Waals surface area contributed by atoms with Crippen molar-refractivity contribution < 1.29 is 0 Å². The van der Waals surface area contributed by atoms with Gasteiger partial charge in [0.1, 0.15) is 11.0 Å². The number of fused-ring (bicyclic) bond motifs is 2. The zero-order valence-electron chi connectivity index (χ0n) is 21.8. The molecule has 0 radical (unpaired) electrons. The van der Waals surface area contributed by atoms with E-state index in [4.69, 9.17) is 9.97 Å². The molecule has 6 aromatic carbocycles. The van der Waals surface area contributed by atoms with Gasteiger partial charge in [-0.3, -0.25) is 0 Å². The van der Waals surface area contributed by atoms with Crippen molar-refractivity contribution in [3.8, 4) is 0 Å². The number of aromatic nitrogens is 2. The molecule has 0 saturated heterocycles. The standard InChI is InChI=1S/C36H26N4/c1-5-15-27(16-6-1)39(28-17-7-2-8-18-28)33-25-26-34(36-35(33)37-31-23-13-14-24-32(31)38-36)40(29-19-9-3-10-20-29)30-21-11-4-12-22-30/h1-26H. The first-order chi connectivity index (χ1) is 19.9. The fourth-order valence-corrected chi connectivity index (χ4v) is 5.20. The van der Waals surface area contributed by atoms with Gasteiger partial charge < -0.3 is 9.80 Å². The zero-order chi connectivity index (χ0) is 26.7. The van der Waals surface area contributed by atoms with Gasteiger partial charge in [0.2, 0.25) is 0 Å². The minimum atomic E-state index is 0.834. The van der Waals surface area contributed by atoms with Gasteiger partial charge in [0.15, 0.2) is 0 Å². The van der Waals surface area contributed by atoms with Crippen LogP contribution in [-0.4, -0.2) is 9.97 Å². The molecule has 0 N–H and O–H groups in total. The van der Waals surface area contributed by atoms with Crippen LogP contribution in [0.4, 0.5) is 34.1 Å². The average molecular weight is 515 g/mol. The molecule has 0 unspecified atom stereocenters. The van der Waals surface area contributed by atoms with E-state index >= 15 is 0 Å². The Morgan fingerprint density at radius 2 is 0.575 bits per heavy atom. The summed E-state index contributed by atoms with van der Waals surface area (Å²) in [5.41, 5.74) is 9.55. The first-order valence-electron chi connectivity index (χ1n) is 13.4. The first-order valence-corrected chi connectivity index (χ1v) is 13.4. The van der Waals surface area contributed by atoms with Gasteiger partial charge in [0.05, 0.1) is 22.4 Å². The lowest BCUT2D eigenvalue weighted by Crippen LogP contribution is -2.14. The Kier molecular flexibility index (Phi) is 6.11. The molecule has 0 aliphatic rings. The monoisotopic (exact) mass is 514 g/mol. The highest BCUT2D eigenvalue weighted by Gasteiger charge is 2.22. The van der Waals surface area contributed by atoms with Gasteiger partial charge in [0, 0.05) is 22.7 Å². The summed E-state index contributed by atoms with van der Waals surface area (Å²) in [6.07, 6.45) is 0. The molecule has 0 fully saturated rings. The van der Waals surface area contributed by atoms with Crippen LogP contribution < -0.4 is 9.80 Å². The molecule has 4 nitrogen and oxygen atoms in total. The molecule has 0 aliphatic carbocycles. The van der Waals surface area contributed by atoms with Crippen LogP contribution in [0.2, 0.25) is 0 Å². The van der Waals surface area contributed by atoms with Crippen LogP contribution in [0.15, 0.2) is 158 Å². The van der Waals surface area contributed by atoms with Crippen molar-refractivity contribution in [1.29, 1.82) is 0 Å². The highest BCUT2D eigenvalue weighted by atomic mass is 15.2. The molecule has 190 valence electrons. The van der Waals surface area contributed by atoms with E-state index in [0.29, 0.717) is 0 Å². The third kappa shape index (κ3) is 4.32. The molecule has 4 heteroatoms. The molecule has 7 aromatic rings. The Hall–Kier alpha value is -5.48. The molecule has 7 rings (SSSR count). The van der Waals surface area contributed by atoms with E-state index in [1.54, 1.807) is 0 Å². The number of hydrogen-bond donors (Lipinski definition) is 0. The van der Waals surface area contributed by atoms with E-state index < -0.39 is 0 Å². The molecule has 0 atom stereocenters. The minimum absolute atomic E-state index is 0.834. The first kappa shape index (κ1) is 23.6. The summed E-state index contributed by atoms with van der Waals surface area (Å²) in [5.74, 6) is 0. The smallest absolute Gasteiger partial charge is 0.116 e. The summed E-state index contributed by atoms with van der Waals surface area (Å²) >= 11 is 0. The summed E-state index contributed by atoms with van der Waals surface area (Å²) in [4.78, 5) is 15.0. The predicted molar refractivity (Wildman–Crippen MR) is 166 cm³/mol. The normalized spacial score (nSPS) is 11.0. The van der Waals surface area contributed by atoms with Gasteiger partial charge in [-0.05, 0) is 72.8 Å². The van der Waals surface area contributed by atoms with Crippen LogP contribution >= 0.6 is 0 Å². The van der Waals surface area contributed by atoms with Gasteiger partial charge >= 0.3 is 0 Å². The van der Waals surface area contributed by atoms with E-state index in [2.05, 4.69) is 119 Å². The minimum Gasteiger partial charge on any atom is -0.308 e. The number of hydrogen-bond acceptors (Lipinski definition) is 4. The Labute approximate surface area is 233 Å². The molecular weight excluding hydrogens is 488 g/mol. The lowest BCUT2D eigenvalue weighted by atomic mass is 10.1.